The molecule has 1 saturated heterocycles. The van der Waals surface area contributed by atoms with Gasteiger partial charge in [0, 0.05) is 31.4 Å². The van der Waals surface area contributed by atoms with Crippen molar-refractivity contribution in [1.82, 2.24) is 4.90 Å². The predicted octanol–water partition coefficient (Wildman–Crippen LogP) is 2.31. The van der Waals surface area contributed by atoms with Crippen LogP contribution in [0, 0.1) is 17.1 Å². The van der Waals surface area contributed by atoms with Crippen molar-refractivity contribution in [2.75, 3.05) is 20.3 Å². The molecule has 1 aromatic carbocycles. The van der Waals surface area contributed by atoms with E-state index in [9.17, 15) is 4.39 Å². The van der Waals surface area contributed by atoms with Crippen LogP contribution in [0.15, 0.2) is 18.2 Å². The first kappa shape index (κ1) is 13.0. The van der Waals surface area contributed by atoms with Gasteiger partial charge in [0.25, 0.3) is 0 Å². The number of hydrogen-bond donors (Lipinski definition) is 0. The molecule has 0 atom stereocenters. The van der Waals surface area contributed by atoms with Crippen LogP contribution < -0.4 is 0 Å². The van der Waals surface area contributed by atoms with Crippen LogP contribution in [0.4, 0.5) is 4.39 Å². The van der Waals surface area contributed by atoms with Gasteiger partial charge in [-0.25, -0.2) is 4.39 Å². The quantitative estimate of drug-likeness (QED) is 0.823. The van der Waals surface area contributed by atoms with Crippen LogP contribution in [-0.4, -0.2) is 31.2 Å². The fourth-order valence-corrected chi connectivity index (χ4v) is 2.31. The third-order valence-electron chi connectivity index (χ3n) is 3.43. The van der Waals surface area contributed by atoms with Crippen LogP contribution in [0.5, 0.6) is 0 Å². The first-order valence-corrected chi connectivity index (χ1v) is 6.18. The zero-order valence-electron chi connectivity index (χ0n) is 10.5. The lowest BCUT2D eigenvalue weighted by molar-refractivity contribution is 0.0404. The summed E-state index contributed by atoms with van der Waals surface area (Å²) in [4.78, 5) is 2.14. The smallest absolute Gasteiger partial charge is 0.145 e. The molecule has 0 aliphatic carbocycles. The minimum Gasteiger partial charge on any atom is -0.381 e. The molecule has 18 heavy (non-hydrogen) atoms. The number of ether oxygens (including phenoxy) is 1. The Kier molecular flexibility index (Phi) is 4.29. The summed E-state index contributed by atoms with van der Waals surface area (Å²) in [6, 6.07) is 7.29. The maximum Gasteiger partial charge on any atom is 0.145 e. The molecule has 2 rings (SSSR count). The van der Waals surface area contributed by atoms with E-state index in [4.69, 9.17) is 10.00 Å². The number of benzene rings is 1. The number of rotatable bonds is 3. The Hall–Kier alpha value is -1.44. The summed E-state index contributed by atoms with van der Waals surface area (Å²) in [7, 11) is 1.99. The molecule has 96 valence electrons. The Balaban J connectivity index is 2.07. The van der Waals surface area contributed by atoms with Crippen LogP contribution in [0.2, 0.25) is 0 Å². The second-order valence-corrected chi connectivity index (χ2v) is 4.65. The summed E-state index contributed by atoms with van der Waals surface area (Å²) >= 11 is 0. The van der Waals surface area contributed by atoms with Crippen molar-refractivity contribution in [1.29, 1.82) is 5.26 Å². The Morgan fingerprint density at radius 3 is 2.83 bits per heavy atom. The maximum atomic E-state index is 13.9. The van der Waals surface area contributed by atoms with Gasteiger partial charge >= 0.3 is 0 Å². The lowest BCUT2D eigenvalue weighted by atomic mass is 10.1. The highest BCUT2D eigenvalue weighted by atomic mass is 19.1. The molecule has 0 unspecified atom stereocenters. The molecule has 0 N–H and O–H groups in total. The van der Waals surface area contributed by atoms with Crippen LogP contribution in [0.1, 0.15) is 24.0 Å². The summed E-state index contributed by atoms with van der Waals surface area (Å²) in [5.74, 6) is -0.390. The molecular weight excluding hydrogens is 231 g/mol. The third kappa shape index (κ3) is 2.87. The molecule has 0 aromatic heterocycles. The molecule has 3 nitrogen and oxygen atoms in total. The van der Waals surface area contributed by atoms with E-state index in [1.54, 1.807) is 12.1 Å². The molecule has 0 amide bonds. The lowest BCUT2D eigenvalue weighted by Crippen LogP contribution is -2.36. The van der Waals surface area contributed by atoms with E-state index in [2.05, 4.69) is 4.90 Å². The van der Waals surface area contributed by atoms with Gasteiger partial charge in [-0.2, -0.15) is 5.26 Å². The van der Waals surface area contributed by atoms with Crippen molar-refractivity contribution in [2.24, 2.45) is 0 Å². The van der Waals surface area contributed by atoms with Crippen molar-refractivity contribution >= 4 is 0 Å². The average molecular weight is 248 g/mol. The number of hydrogen-bond acceptors (Lipinski definition) is 3. The predicted molar refractivity (Wildman–Crippen MR) is 66.4 cm³/mol. The largest absolute Gasteiger partial charge is 0.381 e. The van der Waals surface area contributed by atoms with E-state index in [0.29, 0.717) is 18.2 Å². The summed E-state index contributed by atoms with van der Waals surface area (Å²) in [5, 5.41) is 8.81. The minimum atomic E-state index is -0.390. The molecule has 0 saturated carbocycles. The van der Waals surface area contributed by atoms with E-state index < -0.39 is 0 Å². The fourth-order valence-electron chi connectivity index (χ4n) is 2.31. The fraction of sp³-hybridized carbons (Fsp3) is 0.500. The van der Waals surface area contributed by atoms with Crippen molar-refractivity contribution in [3.63, 3.8) is 0 Å². The first-order valence-electron chi connectivity index (χ1n) is 6.18. The highest BCUT2D eigenvalue weighted by Gasteiger charge is 2.19. The molecule has 1 aromatic rings. The SMILES string of the molecule is CN(Cc1cccc(C#N)c1F)C1CCOCC1. The first-order chi connectivity index (χ1) is 8.72. The number of halogens is 1. The minimum absolute atomic E-state index is 0.118. The molecule has 1 aliphatic rings. The Morgan fingerprint density at radius 2 is 2.17 bits per heavy atom. The van der Waals surface area contributed by atoms with Gasteiger partial charge in [0.2, 0.25) is 0 Å². The highest BCUT2D eigenvalue weighted by molar-refractivity contribution is 5.34. The van der Waals surface area contributed by atoms with Gasteiger partial charge in [0.05, 0.1) is 5.56 Å². The van der Waals surface area contributed by atoms with Crippen molar-refractivity contribution in [3.05, 3.63) is 35.1 Å². The lowest BCUT2D eigenvalue weighted by Gasteiger charge is -2.31. The van der Waals surface area contributed by atoms with E-state index in [-0.39, 0.29) is 11.4 Å². The van der Waals surface area contributed by atoms with Gasteiger partial charge < -0.3 is 4.74 Å². The van der Waals surface area contributed by atoms with E-state index in [0.717, 1.165) is 26.1 Å². The van der Waals surface area contributed by atoms with E-state index in [1.807, 2.05) is 13.1 Å². The molecular formula is C14H17FN2O. The van der Waals surface area contributed by atoms with Gasteiger partial charge in [0.1, 0.15) is 11.9 Å². The van der Waals surface area contributed by atoms with Crippen molar-refractivity contribution in [2.45, 2.75) is 25.4 Å². The zero-order chi connectivity index (χ0) is 13.0. The second kappa shape index (κ2) is 5.94. The topological polar surface area (TPSA) is 36.3 Å². The van der Waals surface area contributed by atoms with Gasteiger partial charge in [-0.3, -0.25) is 4.90 Å². The van der Waals surface area contributed by atoms with E-state index >= 15 is 0 Å². The standard InChI is InChI=1S/C14H17FN2O/c1-17(13-5-7-18-8-6-13)10-12-4-2-3-11(9-16)14(12)15/h2-4,13H,5-8,10H2,1H3. The van der Waals surface area contributed by atoms with E-state index in [1.165, 1.54) is 6.07 Å². The molecule has 0 bridgehead atoms. The number of nitrogens with zero attached hydrogens (tertiary/aromatic N) is 2. The summed E-state index contributed by atoms with van der Waals surface area (Å²) < 4.78 is 19.2. The monoisotopic (exact) mass is 248 g/mol. The Morgan fingerprint density at radius 1 is 1.44 bits per heavy atom. The summed E-state index contributed by atoms with van der Waals surface area (Å²) in [5.41, 5.74) is 0.705. The average Bonchev–Trinajstić information content (AvgIpc) is 2.42. The summed E-state index contributed by atoms with van der Waals surface area (Å²) in [6.07, 6.45) is 1.96. The molecule has 1 fully saturated rings. The molecule has 4 heteroatoms. The molecule has 1 heterocycles. The zero-order valence-corrected chi connectivity index (χ0v) is 10.5. The Labute approximate surface area is 107 Å². The number of nitriles is 1. The van der Waals surface area contributed by atoms with Gasteiger partial charge in [-0.15, -0.1) is 0 Å². The van der Waals surface area contributed by atoms with Crippen molar-refractivity contribution in [3.8, 4) is 6.07 Å². The van der Waals surface area contributed by atoms with Crippen LogP contribution in [0.25, 0.3) is 0 Å². The molecule has 0 radical (unpaired) electrons. The molecule has 1 aliphatic heterocycles. The Bertz CT molecular complexity index is 450. The van der Waals surface area contributed by atoms with Crippen LogP contribution >= 0.6 is 0 Å². The van der Waals surface area contributed by atoms with Crippen LogP contribution in [0.3, 0.4) is 0 Å². The van der Waals surface area contributed by atoms with Crippen LogP contribution in [-0.2, 0) is 11.3 Å². The van der Waals surface area contributed by atoms with Gasteiger partial charge in [-0.05, 0) is 26.0 Å². The summed E-state index contributed by atoms with van der Waals surface area (Å²) in [6.45, 7) is 2.08. The van der Waals surface area contributed by atoms with Gasteiger partial charge in [0.15, 0.2) is 0 Å². The third-order valence-corrected chi connectivity index (χ3v) is 3.43. The normalized spacial score (nSPS) is 16.8. The van der Waals surface area contributed by atoms with Gasteiger partial charge in [-0.1, -0.05) is 12.1 Å². The second-order valence-electron chi connectivity index (χ2n) is 4.65. The van der Waals surface area contributed by atoms with Crippen molar-refractivity contribution < 1.29 is 9.13 Å². The highest BCUT2D eigenvalue weighted by Crippen LogP contribution is 2.18. The maximum absolute atomic E-state index is 13.9. The molecule has 0 spiro atoms.